The number of rotatable bonds is 9. The van der Waals surface area contributed by atoms with E-state index < -0.39 is 11.8 Å². The van der Waals surface area contributed by atoms with Gasteiger partial charge in [-0.2, -0.15) is 0 Å². The summed E-state index contributed by atoms with van der Waals surface area (Å²) in [5.74, 6) is -0.489. The summed E-state index contributed by atoms with van der Waals surface area (Å²) in [6.07, 6.45) is 0.581. The predicted octanol–water partition coefficient (Wildman–Crippen LogP) is 1.61. The average Bonchev–Trinajstić information content (AvgIpc) is 2.85. The lowest BCUT2D eigenvalue weighted by atomic mass is 10.0. The summed E-state index contributed by atoms with van der Waals surface area (Å²) in [6, 6.07) is 15.9. The Morgan fingerprint density at radius 1 is 1.03 bits per heavy atom. The molecule has 1 atom stereocenters. The highest BCUT2D eigenvalue weighted by Crippen LogP contribution is 2.24. The van der Waals surface area contributed by atoms with Gasteiger partial charge in [0, 0.05) is 46.0 Å². The van der Waals surface area contributed by atoms with E-state index in [0.717, 1.165) is 35.7 Å². The molecule has 1 aliphatic rings. The summed E-state index contributed by atoms with van der Waals surface area (Å²) in [5.41, 5.74) is 3.19. The first-order valence-electron chi connectivity index (χ1n) is 11.3. The summed E-state index contributed by atoms with van der Waals surface area (Å²) in [6.45, 7) is 3.57. The number of hydrogen-bond donors (Lipinski definition) is 2. The second-order valence-corrected chi connectivity index (χ2v) is 8.18. The first-order chi connectivity index (χ1) is 16.0. The van der Waals surface area contributed by atoms with E-state index in [1.807, 2.05) is 43.3 Å². The molecule has 33 heavy (non-hydrogen) atoms. The highest BCUT2D eigenvalue weighted by molar-refractivity contribution is 6.35. The van der Waals surface area contributed by atoms with Gasteiger partial charge in [-0.3, -0.25) is 14.5 Å². The second kappa shape index (κ2) is 12.2. The van der Waals surface area contributed by atoms with Crippen LogP contribution in [0.3, 0.4) is 0 Å². The van der Waals surface area contributed by atoms with Gasteiger partial charge in [0.25, 0.3) is 0 Å². The van der Waals surface area contributed by atoms with E-state index >= 15 is 0 Å². The van der Waals surface area contributed by atoms with Gasteiger partial charge in [0.1, 0.15) is 5.75 Å². The molecule has 0 bridgehead atoms. The van der Waals surface area contributed by atoms with Crippen LogP contribution in [-0.4, -0.2) is 77.3 Å². The minimum absolute atomic E-state index is 0.0320. The monoisotopic (exact) mass is 454 g/mol. The van der Waals surface area contributed by atoms with Crippen LogP contribution in [0.1, 0.15) is 17.2 Å². The van der Waals surface area contributed by atoms with Crippen LogP contribution in [0, 0.1) is 0 Å². The molecule has 1 saturated heterocycles. The van der Waals surface area contributed by atoms with Crippen LogP contribution in [0.25, 0.3) is 0 Å². The van der Waals surface area contributed by atoms with Crippen LogP contribution in [0.4, 0.5) is 5.69 Å². The zero-order valence-corrected chi connectivity index (χ0v) is 19.7. The lowest BCUT2D eigenvalue weighted by molar-refractivity contribution is -0.139. The van der Waals surface area contributed by atoms with E-state index in [1.165, 1.54) is 0 Å². The Morgan fingerprint density at radius 3 is 2.36 bits per heavy atom. The number of morpholine rings is 1. The molecule has 0 aliphatic carbocycles. The highest BCUT2D eigenvalue weighted by Gasteiger charge is 2.24. The molecule has 178 valence electrons. The fourth-order valence-corrected chi connectivity index (χ4v) is 3.91. The molecule has 2 aromatic carbocycles. The van der Waals surface area contributed by atoms with Crippen molar-refractivity contribution in [2.45, 2.75) is 12.5 Å². The molecule has 8 heteroatoms. The maximum Gasteiger partial charge on any atom is 0.309 e. The smallest absolute Gasteiger partial charge is 0.309 e. The number of carbonyl (C=O) groups is 2. The fraction of sp³-hybridized carbons (Fsp3) is 0.440. The number of nitrogens with one attached hydrogen (secondary N) is 2. The third-order valence-electron chi connectivity index (χ3n) is 5.82. The van der Waals surface area contributed by atoms with E-state index in [9.17, 15) is 9.59 Å². The number of ether oxygens (including phenoxy) is 2. The Morgan fingerprint density at radius 2 is 1.70 bits per heavy atom. The topological polar surface area (TPSA) is 83.1 Å². The number of nitrogens with zero attached hydrogens (tertiary/aromatic N) is 2. The molecule has 1 heterocycles. The molecule has 2 aromatic rings. The summed E-state index contributed by atoms with van der Waals surface area (Å²) >= 11 is 0. The number of para-hydroxylation sites is 1. The standard InChI is InChI=1S/C25H34N4O4/c1-28(2)21-10-8-19(9-11-21)22(29-14-16-33-17-15-29)18-27-25(31)24(30)26-13-12-20-6-4-5-7-23(20)32-3/h4-11,22H,12-18H2,1-3H3,(H,26,30)(H,27,31). The summed E-state index contributed by atoms with van der Waals surface area (Å²) in [5, 5.41) is 5.52. The van der Waals surface area contributed by atoms with Gasteiger partial charge in [0.05, 0.1) is 26.4 Å². The van der Waals surface area contributed by atoms with E-state index in [4.69, 9.17) is 9.47 Å². The minimum Gasteiger partial charge on any atom is -0.496 e. The van der Waals surface area contributed by atoms with Crippen molar-refractivity contribution >= 4 is 17.5 Å². The Bertz CT molecular complexity index is 911. The summed E-state index contributed by atoms with van der Waals surface area (Å²) < 4.78 is 10.8. The molecule has 2 N–H and O–H groups in total. The predicted molar refractivity (Wildman–Crippen MR) is 129 cm³/mol. The van der Waals surface area contributed by atoms with Crippen molar-refractivity contribution in [1.82, 2.24) is 15.5 Å². The van der Waals surface area contributed by atoms with Crippen LogP contribution < -0.4 is 20.3 Å². The molecule has 0 radical (unpaired) electrons. The Kier molecular flexibility index (Phi) is 9.09. The van der Waals surface area contributed by atoms with Crippen molar-refractivity contribution in [3.8, 4) is 5.75 Å². The van der Waals surface area contributed by atoms with Crippen LogP contribution in [0.5, 0.6) is 5.75 Å². The van der Waals surface area contributed by atoms with Crippen molar-refractivity contribution < 1.29 is 19.1 Å². The second-order valence-electron chi connectivity index (χ2n) is 8.18. The molecule has 1 fully saturated rings. The number of anilines is 1. The highest BCUT2D eigenvalue weighted by atomic mass is 16.5. The van der Waals surface area contributed by atoms with Crippen molar-refractivity contribution in [1.29, 1.82) is 0 Å². The van der Waals surface area contributed by atoms with E-state index in [1.54, 1.807) is 7.11 Å². The maximum absolute atomic E-state index is 12.5. The molecule has 0 aromatic heterocycles. The molecule has 0 saturated carbocycles. The first kappa shape index (κ1) is 24.5. The number of methoxy groups -OCH3 is 1. The van der Waals surface area contributed by atoms with Gasteiger partial charge in [-0.05, 0) is 35.7 Å². The van der Waals surface area contributed by atoms with Gasteiger partial charge in [-0.15, -0.1) is 0 Å². The fourth-order valence-electron chi connectivity index (χ4n) is 3.91. The summed E-state index contributed by atoms with van der Waals surface area (Å²) in [7, 11) is 5.62. The third-order valence-corrected chi connectivity index (χ3v) is 5.82. The molecule has 1 unspecified atom stereocenters. The van der Waals surface area contributed by atoms with Gasteiger partial charge in [0.2, 0.25) is 0 Å². The number of carbonyl (C=O) groups excluding carboxylic acids is 2. The van der Waals surface area contributed by atoms with Crippen molar-refractivity contribution in [2.24, 2.45) is 0 Å². The lowest BCUT2D eigenvalue weighted by Crippen LogP contribution is -2.47. The SMILES string of the molecule is COc1ccccc1CCNC(=O)C(=O)NCC(c1ccc(N(C)C)cc1)N1CCOCC1. The van der Waals surface area contributed by atoms with E-state index in [-0.39, 0.29) is 6.04 Å². The number of amides is 2. The van der Waals surface area contributed by atoms with E-state index in [2.05, 4.69) is 39.8 Å². The molecule has 0 spiro atoms. The molecule has 8 nitrogen and oxygen atoms in total. The zero-order valence-electron chi connectivity index (χ0n) is 19.7. The maximum atomic E-state index is 12.5. The van der Waals surface area contributed by atoms with Gasteiger partial charge >= 0.3 is 11.8 Å². The Labute approximate surface area is 195 Å². The van der Waals surface area contributed by atoms with Gasteiger partial charge in [0.15, 0.2) is 0 Å². The number of hydrogen-bond acceptors (Lipinski definition) is 6. The first-order valence-corrected chi connectivity index (χ1v) is 11.3. The van der Waals surface area contributed by atoms with Crippen LogP contribution >= 0.6 is 0 Å². The van der Waals surface area contributed by atoms with Crippen molar-refractivity contribution in [2.75, 3.05) is 65.5 Å². The Balaban J connectivity index is 1.56. The Hall–Kier alpha value is -3.10. The minimum atomic E-state index is -0.631. The molecular weight excluding hydrogens is 420 g/mol. The van der Waals surface area contributed by atoms with E-state index in [0.29, 0.717) is 32.7 Å². The average molecular weight is 455 g/mol. The largest absolute Gasteiger partial charge is 0.496 e. The van der Waals surface area contributed by atoms with Crippen LogP contribution in [-0.2, 0) is 20.7 Å². The molecule has 2 amide bonds. The third kappa shape index (κ3) is 6.94. The van der Waals surface area contributed by atoms with Gasteiger partial charge in [-0.25, -0.2) is 0 Å². The normalized spacial score (nSPS) is 14.9. The summed E-state index contributed by atoms with van der Waals surface area (Å²) in [4.78, 5) is 29.1. The quantitative estimate of drug-likeness (QED) is 0.560. The molecule has 1 aliphatic heterocycles. The number of benzene rings is 2. The molecule has 3 rings (SSSR count). The van der Waals surface area contributed by atoms with Crippen LogP contribution in [0.2, 0.25) is 0 Å². The van der Waals surface area contributed by atoms with Gasteiger partial charge in [-0.1, -0.05) is 30.3 Å². The lowest BCUT2D eigenvalue weighted by Gasteiger charge is -2.35. The molecular formula is C25H34N4O4. The van der Waals surface area contributed by atoms with Crippen molar-refractivity contribution in [3.05, 3.63) is 59.7 Å². The van der Waals surface area contributed by atoms with Gasteiger partial charge < -0.3 is 25.0 Å². The zero-order chi connectivity index (χ0) is 23.6. The van der Waals surface area contributed by atoms with Crippen molar-refractivity contribution in [3.63, 3.8) is 0 Å². The van der Waals surface area contributed by atoms with Crippen LogP contribution in [0.15, 0.2) is 48.5 Å².